The van der Waals surface area contributed by atoms with Gasteiger partial charge in [0.2, 0.25) is 0 Å². The summed E-state index contributed by atoms with van der Waals surface area (Å²) in [6.45, 7) is -0.0515. The fraction of sp³-hybridized carbons (Fsp3) is 0.273. The van der Waals surface area contributed by atoms with Gasteiger partial charge in [0, 0.05) is 14.1 Å². The van der Waals surface area contributed by atoms with Crippen molar-refractivity contribution in [2.45, 2.75) is 0 Å². The molecule has 0 fully saturated rings. The van der Waals surface area contributed by atoms with E-state index in [9.17, 15) is 4.79 Å². The Morgan fingerprint density at radius 2 is 2.06 bits per heavy atom. The monoisotopic (exact) mass is 219 g/mol. The van der Waals surface area contributed by atoms with Crippen LogP contribution in [0.2, 0.25) is 0 Å². The maximum atomic E-state index is 11.2. The fourth-order valence-electron chi connectivity index (χ4n) is 1.06. The second-order valence-corrected chi connectivity index (χ2v) is 3.35. The molecule has 1 N–H and O–H groups in total. The van der Waals surface area contributed by atoms with Crippen molar-refractivity contribution in [3.63, 3.8) is 0 Å². The highest BCUT2D eigenvalue weighted by Crippen LogP contribution is 2.10. The Labute approximate surface area is 94.2 Å². The van der Waals surface area contributed by atoms with E-state index in [0.29, 0.717) is 11.3 Å². The third-order valence-corrected chi connectivity index (χ3v) is 1.70. The lowest BCUT2D eigenvalue weighted by atomic mass is 10.2. The molecule has 0 aliphatic rings. The van der Waals surface area contributed by atoms with Crippen molar-refractivity contribution in [1.82, 2.24) is 10.4 Å². The number of hydrogen-bond donors (Lipinski definition) is 1. The molecule has 0 aliphatic carbocycles. The van der Waals surface area contributed by atoms with Gasteiger partial charge in [-0.3, -0.25) is 10.2 Å². The molecule has 1 rings (SSSR count). The van der Waals surface area contributed by atoms with Gasteiger partial charge in [0.05, 0.1) is 11.6 Å². The van der Waals surface area contributed by atoms with Crippen molar-refractivity contribution in [1.29, 1.82) is 5.26 Å². The third-order valence-electron chi connectivity index (χ3n) is 1.70. The number of nitrogens with zero attached hydrogens (tertiary/aromatic N) is 2. The Hall–Kier alpha value is -2.06. The minimum absolute atomic E-state index is 0.0515. The molecule has 0 heterocycles. The maximum absolute atomic E-state index is 11.2. The van der Waals surface area contributed by atoms with Crippen molar-refractivity contribution in [2.75, 3.05) is 20.7 Å². The van der Waals surface area contributed by atoms with Crippen LogP contribution in [0.5, 0.6) is 5.75 Å². The number of nitrogens with one attached hydrogen (secondary N) is 1. The van der Waals surface area contributed by atoms with E-state index in [-0.39, 0.29) is 12.5 Å². The second kappa shape index (κ2) is 5.73. The standard InChI is InChI=1S/C11H13N3O2/c1-14(2)13-11(15)8-16-10-5-3-9(7-12)4-6-10/h3-6H,8H2,1-2H3,(H,13,15). The average Bonchev–Trinajstić information content (AvgIpc) is 2.26. The Bertz CT molecular complexity index is 393. The molecule has 1 amide bonds. The average molecular weight is 219 g/mol. The second-order valence-electron chi connectivity index (χ2n) is 3.35. The molecule has 0 unspecified atom stereocenters. The number of hydrogen-bond acceptors (Lipinski definition) is 4. The molecule has 0 bridgehead atoms. The zero-order valence-electron chi connectivity index (χ0n) is 9.23. The molecule has 16 heavy (non-hydrogen) atoms. The Balaban J connectivity index is 2.43. The summed E-state index contributed by atoms with van der Waals surface area (Å²) in [4.78, 5) is 11.2. The first-order valence-corrected chi connectivity index (χ1v) is 4.71. The predicted octanol–water partition coefficient (Wildman–Crippen LogP) is 0.530. The van der Waals surface area contributed by atoms with Gasteiger partial charge in [-0.2, -0.15) is 5.26 Å². The van der Waals surface area contributed by atoms with Gasteiger partial charge >= 0.3 is 0 Å². The van der Waals surface area contributed by atoms with E-state index in [4.69, 9.17) is 10.00 Å². The summed E-state index contributed by atoms with van der Waals surface area (Å²) in [6, 6.07) is 8.59. The van der Waals surface area contributed by atoms with Gasteiger partial charge < -0.3 is 4.74 Å². The van der Waals surface area contributed by atoms with Crippen LogP contribution in [0.4, 0.5) is 0 Å². The predicted molar refractivity (Wildman–Crippen MR) is 58.5 cm³/mol. The van der Waals surface area contributed by atoms with Crippen molar-refractivity contribution < 1.29 is 9.53 Å². The van der Waals surface area contributed by atoms with E-state index in [2.05, 4.69) is 5.43 Å². The van der Waals surface area contributed by atoms with E-state index < -0.39 is 0 Å². The minimum atomic E-state index is -0.227. The van der Waals surface area contributed by atoms with Gasteiger partial charge in [-0.25, -0.2) is 5.01 Å². The first kappa shape index (κ1) is 12.0. The summed E-state index contributed by atoms with van der Waals surface area (Å²) in [6.07, 6.45) is 0. The quantitative estimate of drug-likeness (QED) is 0.750. The number of hydrazine groups is 1. The van der Waals surface area contributed by atoms with Crippen LogP contribution < -0.4 is 10.2 Å². The molecule has 0 aliphatic heterocycles. The number of amides is 1. The van der Waals surface area contributed by atoms with Gasteiger partial charge in [0.25, 0.3) is 5.91 Å². The molecular weight excluding hydrogens is 206 g/mol. The van der Waals surface area contributed by atoms with Crippen molar-refractivity contribution >= 4 is 5.91 Å². The summed E-state index contributed by atoms with van der Waals surface area (Å²) in [5, 5.41) is 10.1. The lowest BCUT2D eigenvalue weighted by Gasteiger charge is -2.12. The molecule has 0 saturated carbocycles. The van der Waals surface area contributed by atoms with Crippen LogP contribution in [-0.4, -0.2) is 31.6 Å². The Kier molecular flexibility index (Phi) is 4.30. The number of carbonyl (C=O) groups is 1. The smallest absolute Gasteiger partial charge is 0.272 e. The van der Waals surface area contributed by atoms with Gasteiger partial charge in [0.15, 0.2) is 6.61 Å². The topological polar surface area (TPSA) is 65.4 Å². The highest BCUT2D eigenvalue weighted by Gasteiger charge is 2.02. The zero-order valence-corrected chi connectivity index (χ0v) is 9.23. The normalized spacial score (nSPS) is 9.62. The summed E-state index contributed by atoms with van der Waals surface area (Å²) in [7, 11) is 3.44. The molecule has 0 saturated heterocycles. The zero-order chi connectivity index (χ0) is 12.0. The van der Waals surface area contributed by atoms with Crippen LogP contribution in [0, 0.1) is 11.3 Å². The Morgan fingerprint density at radius 3 is 2.56 bits per heavy atom. The molecule has 0 atom stereocenters. The molecule has 84 valence electrons. The molecule has 5 nitrogen and oxygen atoms in total. The van der Waals surface area contributed by atoms with E-state index in [1.807, 2.05) is 6.07 Å². The van der Waals surface area contributed by atoms with E-state index >= 15 is 0 Å². The van der Waals surface area contributed by atoms with Crippen LogP contribution in [0.25, 0.3) is 0 Å². The number of benzene rings is 1. The molecular formula is C11H13N3O2. The van der Waals surface area contributed by atoms with E-state index in [1.165, 1.54) is 0 Å². The summed E-state index contributed by atoms with van der Waals surface area (Å²) in [5.74, 6) is 0.335. The summed E-state index contributed by atoms with van der Waals surface area (Å²) < 4.78 is 5.22. The number of rotatable bonds is 4. The van der Waals surface area contributed by atoms with Gasteiger partial charge in [0.1, 0.15) is 5.75 Å². The summed E-state index contributed by atoms with van der Waals surface area (Å²) in [5.41, 5.74) is 3.11. The lowest BCUT2D eigenvalue weighted by Crippen LogP contribution is -2.39. The van der Waals surface area contributed by atoms with E-state index in [0.717, 1.165) is 0 Å². The molecule has 1 aromatic carbocycles. The first-order chi connectivity index (χ1) is 7.61. The summed E-state index contributed by atoms with van der Waals surface area (Å²) >= 11 is 0. The van der Waals surface area contributed by atoms with Crippen LogP contribution in [0.3, 0.4) is 0 Å². The van der Waals surface area contributed by atoms with Crippen LogP contribution in [0.15, 0.2) is 24.3 Å². The minimum Gasteiger partial charge on any atom is -0.484 e. The number of nitriles is 1. The maximum Gasteiger partial charge on any atom is 0.272 e. The Morgan fingerprint density at radius 1 is 1.44 bits per heavy atom. The molecule has 5 heteroatoms. The van der Waals surface area contributed by atoms with Crippen LogP contribution in [0.1, 0.15) is 5.56 Å². The SMILES string of the molecule is CN(C)NC(=O)COc1ccc(C#N)cc1. The molecule has 0 spiro atoms. The molecule has 0 radical (unpaired) electrons. The van der Waals surface area contributed by atoms with Crippen LogP contribution >= 0.6 is 0 Å². The fourth-order valence-corrected chi connectivity index (χ4v) is 1.06. The highest BCUT2D eigenvalue weighted by molar-refractivity contribution is 5.76. The number of carbonyl (C=O) groups excluding carboxylic acids is 1. The van der Waals surface area contributed by atoms with Crippen molar-refractivity contribution in [3.05, 3.63) is 29.8 Å². The third kappa shape index (κ3) is 3.98. The van der Waals surface area contributed by atoms with Gasteiger partial charge in [-0.1, -0.05) is 0 Å². The largest absolute Gasteiger partial charge is 0.484 e. The number of ether oxygens (including phenoxy) is 1. The molecule has 0 aromatic heterocycles. The lowest BCUT2D eigenvalue weighted by molar-refractivity contribution is -0.126. The molecule has 1 aromatic rings. The van der Waals surface area contributed by atoms with Crippen molar-refractivity contribution in [3.8, 4) is 11.8 Å². The van der Waals surface area contributed by atoms with Crippen LogP contribution in [-0.2, 0) is 4.79 Å². The van der Waals surface area contributed by atoms with E-state index in [1.54, 1.807) is 43.4 Å². The van der Waals surface area contributed by atoms with Gasteiger partial charge in [-0.15, -0.1) is 0 Å². The highest BCUT2D eigenvalue weighted by atomic mass is 16.5. The van der Waals surface area contributed by atoms with Crippen molar-refractivity contribution in [2.24, 2.45) is 0 Å². The van der Waals surface area contributed by atoms with Gasteiger partial charge in [-0.05, 0) is 24.3 Å². The first-order valence-electron chi connectivity index (χ1n) is 4.71.